The highest BCUT2D eigenvalue weighted by Gasteiger charge is 2.25. The van der Waals surface area contributed by atoms with Crippen LogP contribution in [0.25, 0.3) is 22.3 Å². The first-order valence-corrected chi connectivity index (χ1v) is 10.4. The SMILES string of the molecule is COc1cnc2c(c1)cc(-c1ccc(C=O)c(OC)c1)n2S(=O)(=O)c1ccccc1. The molecule has 4 rings (SSSR count). The lowest BCUT2D eigenvalue weighted by molar-refractivity contribution is 0.112. The van der Waals surface area contributed by atoms with Gasteiger partial charge >= 0.3 is 0 Å². The van der Waals surface area contributed by atoms with Crippen LogP contribution in [0.1, 0.15) is 10.4 Å². The highest BCUT2D eigenvalue weighted by Crippen LogP contribution is 2.34. The lowest BCUT2D eigenvalue weighted by Gasteiger charge is -2.13. The van der Waals surface area contributed by atoms with Crippen molar-refractivity contribution in [3.63, 3.8) is 0 Å². The summed E-state index contributed by atoms with van der Waals surface area (Å²) in [7, 11) is -0.981. The molecular formula is C22H18N2O5S. The van der Waals surface area contributed by atoms with Gasteiger partial charge in [-0.3, -0.25) is 4.79 Å². The summed E-state index contributed by atoms with van der Waals surface area (Å²) in [5.41, 5.74) is 1.60. The Morgan fingerprint density at radius 3 is 2.40 bits per heavy atom. The van der Waals surface area contributed by atoms with E-state index in [-0.39, 0.29) is 10.5 Å². The average molecular weight is 422 g/mol. The predicted octanol–water partition coefficient (Wildman–Crippen LogP) is 3.77. The van der Waals surface area contributed by atoms with Crippen molar-refractivity contribution < 1.29 is 22.7 Å². The Hall–Kier alpha value is -3.65. The van der Waals surface area contributed by atoms with Crippen molar-refractivity contribution in [3.8, 4) is 22.8 Å². The largest absolute Gasteiger partial charge is 0.496 e. The van der Waals surface area contributed by atoms with Gasteiger partial charge in [0.05, 0.1) is 36.6 Å². The van der Waals surface area contributed by atoms with E-state index in [0.29, 0.717) is 40.0 Å². The molecule has 30 heavy (non-hydrogen) atoms. The minimum Gasteiger partial charge on any atom is -0.496 e. The van der Waals surface area contributed by atoms with Gasteiger partial charge in [-0.05, 0) is 36.4 Å². The maximum atomic E-state index is 13.5. The summed E-state index contributed by atoms with van der Waals surface area (Å²) in [4.78, 5) is 15.7. The number of hydrogen-bond acceptors (Lipinski definition) is 6. The first-order valence-electron chi connectivity index (χ1n) is 8.99. The molecule has 0 unspecified atom stereocenters. The summed E-state index contributed by atoms with van der Waals surface area (Å²) in [6.45, 7) is 0. The number of carbonyl (C=O) groups is 1. The Kier molecular flexibility index (Phi) is 5.01. The van der Waals surface area contributed by atoms with Crippen LogP contribution in [0.4, 0.5) is 0 Å². The van der Waals surface area contributed by atoms with Gasteiger partial charge < -0.3 is 9.47 Å². The topological polar surface area (TPSA) is 87.5 Å². The molecule has 2 aromatic carbocycles. The van der Waals surface area contributed by atoms with Crippen LogP contribution < -0.4 is 9.47 Å². The Balaban J connectivity index is 2.05. The zero-order valence-corrected chi connectivity index (χ0v) is 17.1. The summed E-state index contributed by atoms with van der Waals surface area (Å²) in [5, 5.41) is 0.599. The van der Waals surface area contributed by atoms with Crippen LogP contribution in [0.15, 0.2) is 71.8 Å². The second-order valence-corrected chi connectivity index (χ2v) is 8.26. The molecule has 0 atom stereocenters. The van der Waals surface area contributed by atoms with Crippen molar-refractivity contribution >= 4 is 27.3 Å². The monoisotopic (exact) mass is 422 g/mol. The van der Waals surface area contributed by atoms with Crippen LogP contribution in [0.3, 0.4) is 0 Å². The number of fused-ring (bicyclic) bond motifs is 1. The number of methoxy groups -OCH3 is 2. The first kappa shape index (κ1) is 19.7. The van der Waals surface area contributed by atoms with Crippen molar-refractivity contribution in [1.82, 2.24) is 8.96 Å². The standard InChI is InChI=1S/C22H18N2O5S/c1-28-18-10-17-11-20(15-8-9-16(14-25)21(12-15)29-2)24(22(17)23-13-18)30(26,27)19-6-4-3-5-7-19/h3-14H,1-2H3. The van der Waals surface area contributed by atoms with Crippen LogP contribution >= 0.6 is 0 Å². The molecule has 0 fully saturated rings. The molecule has 7 nitrogen and oxygen atoms in total. The Labute approximate surface area is 173 Å². The summed E-state index contributed by atoms with van der Waals surface area (Å²) in [6, 6.07) is 16.5. The number of pyridine rings is 1. The van der Waals surface area contributed by atoms with Crippen LogP contribution in [0, 0.1) is 0 Å². The molecule has 0 amide bonds. The fraction of sp³-hybridized carbons (Fsp3) is 0.0909. The van der Waals surface area contributed by atoms with Gasteiger partial charge in [0.1, 0.15) is 11.5 Å². The van der Waals surface area contributed by atoms with Crippen LogP contribution in [-0.2, 0) is 10.0 Å². The maximum absolute atomic E-state index is 13.5. The highest BCUT2D eigenvalue weighted by atomic mass is 32.2. The second-order valence-electron chi connectivity index (χ2n) is 6.47. The Morgan fingerprint density at radius 1 is 0.967 bits per heavy atom. The number of benzene rings is 2. The Bertz CT molecular complexity index is 1340. The van der Waals surface area contributed by atoms with Gasteiger partial charge in [-0.2, -0.15) is 0 Å². The van der Waals surface area contributed by atoms with Gasteiger partial charge in [-0.1, -0.05) is 24.3 Å². The molecule has 0 aliphatic rings. The van der Waals surface area contributed by atoms with E-state index in [2.05, 4.69) is 4.98 Å². The number of carbonyl (C=O) groups excluding carboxylic acids is 1. The number of nitrogens with zero attached hydrogens (tertiary/aromatic N) is 2. The van der Waals surface area contributed by atoms with E-state index in [9.17, 15) is 13.2 Å². The molecule has 2 aromatic heterocycles. The molecule has 0 spiro atoms. The zero-order valence-electron chi connectivity index (χ0n) is 16.3. The maximum Gasteiger partial charge on any atom is 0.269 e. The number of rotatable bonds is 6. The summed E-state index contributed by atoms with van der Waals surface area (Å²) >= 11 is 0. The minimum atomic E-state index is -3.95. The van der Waals surface area contributed by atoms with Gasteiger partial charge in [0.2, 0.25) is 0 Å². The van der Waals surface area contributed by atoms with E-state index in [1.165, 1.54) is 36.5 Å². The summed E-state index contributed by atoms with van der Waals surface area (Å²) in [6.07, 6.45) is 2.16. The molecule has 4 aromatic rings. The molecule has 0 saturated carbocycles. The van der Waals surface area contributed by atoms with E-state index in [1.54, 1.807) is 48.5 Å². The third kappa shape index (κ3) is 3.21. The van der Waals surface area contributed by atoms with Gasteiger partial charge in [0.15, 0.2) is 11.9 Å². The fourth-order valence-electron chi connectivity index (χ4n) is 3.27. The lowest BCUT2D eigenvalue weighted by atomic mass is 10.1. The van der Waals surface area contributed by atoms with Crippen LogP contribution in [-0.4, -0.2) is 37.9 Å². The second kappa shape index (κ2) is 7.64. The van der Waals surface area contributed by atoms with Gasteiger partial charge in [-0.15, -0.1) is 0 Å². The molecule has 0 bridgehead atoms. The van der Waals surface area contributed by atoms with Crippen molar-refractivity contribution in [2.24, 2.45) is 0 Å². The third-order valence-corrected chi connectivity index (χ3v) is 6.46. The average Bonchev–Trinajstić information content (AvgIpc) is 3.18. The van der Waals surface area contributed by atoms with E-state index in [4.69, 9.17) is 9.47 Å². The first-order chi connectivity index (χ1) is 14.5. The molecule has 0 radical (unpaired) electrons. The molecular weight excluding hydrogens is 404 g/mol. The molecule has 0 saturated heterocycles. The summed E-state index contributed by atoms with van der Waals surface area (Å²) in [5.74, 6) is 0.860. The molecule has 0 aliphatic heterocycles. The van der Waals surface area contributed by atoms with Crippen LogP contribution in [0.5, 0.6) is 11.5 Å². The molecule has 0 N–H and O–H groups in total. The van der Waals surface area contributed by atoms with Crippen LogP contribution in [0.2, 0.25) is 0 Å². The minimum absolute atomic E-state index is 0.137. The fourth-order valence-corrected chi connectivity index (χ4v) is 4.78. The summed E-state index contributed by atoms with van der Waals surface area (Å²) < 4.78 is 38.8. The van der Waals surface area contributed by atoms with E-state index >= 15 is 0 Å². The van der Waals surface area contributed by atoms with E-state index in [1.807, 2.05) is 0 Å². The van der Waals surface area contributed by atoms with Crippen molar-refractivity contribution in [2.75, 3.05) is 14.2 Å². The number of ether oxygens (including phenoxy) is 2. The number of aldehydes is 1. The molecule has 2 heterocycles. The predicted molar refractivity (Wildman–Crippen MR) is 113 cm³/mol. The van der Waals surface area contributed by atoms with Gasteiger partial charge in [0.25, 0.3) is 10.0 Å². The molecule has 8 heteroatoms. The van der Waals surface area contributed by atoms with Crippen molar-refractivity contribution in [3.05, 3.63) is 72.4 Å². The van der Waals surface area contributed by atoms with E-state index in [0.717, 1.165) is 0 Å². The molecule has 0 aliphatic carbocycles. The van der Waals surface area contributed by atoms with E-state index < -0.39 is 10.0 Å². The number of hydrogen-bond donors (Lipinski definition) is 0. The van der Waals surface area contributed by atoms with Crippen molar-refractivity contribution in [1.29, 1.82) is 0 Å². The molecule has 152 valence electrons. The normalized spacial score (nSPS) is 11.4. The zero-order chi connectivity index (χ0) is 21.3. The quantitative estimate of drug-likeness (QED) is 0.440. The van der Waals surface area contributed by atoms with Crippen molar-refractivity contribution in [2.45, 2.75) is 4.90 Å². The van der Waals surface area contributed by atoms with Gasteiger partial charge in [-0.25, -0.2) is 17.4 Å². The third-order valence-electron chi connectivity index (χ3n) is 4.75. The highest BCUT2D eigenvalue weighted by molar-refractivity contribution is 7.90. The number of aromatic nitrogens is 2. The Morgan fingerprint density at radius 2 is 1.73 bits per heavy atom. The van der Waals surface area contributed by atoms with Gasteiger partial charge in [0, 0.05) is 10.9 Å². The lowest BCUT2D eigenvalue weighted by Crippen LogP contribution is -2.14. The smallest absolute Gasteiger partial charge is 0.269 e.